The zero-order chi connectivity index (χ0) is 12.1. The van der Waals surface area contributed by atoms with Crippen molar-refractivity contribution < 1.29 is 0 Å². The van der Waals surface area contributed by atoms with E-state index < -0.39 is 0 Å². The third kappa shape index (κ3) is 3.49. The maximum absolute atomic E-state index is 2.63. The van der Waals surface area contributed by atoms with Gasteiger partial charge < -0.3 is 4.90 Å². The van der Waals surface area contributed by atoms with Crippen molar-refractivity contribution in [3.8, 4) is 0 Å². The van der Waals surface area contributed by atoms with Crippen LogP contribution in [0.4, 0.5) is 0 Å². The van der Waals surface area contributed by atoms with Crippen LogP contribution in [-0.4, -0.2) is 29.8 Å². The van der Waals surface area contributed by atoms with Crippen LogP contribution in [0.1, 0.15) is 32.3 Å². The van der Waals surface area contributed by atoms with Crippen LogP contribution in [-0.2, 0) is 6.42 Å². The second-order valence-corrected chi connectivity index (χ2v) is 6.19. The van der Waals surface area contributed by atoms with Gasteiger partial charge in [-0.3, -0.25) is 0 Å². The van der Waals surface area contributed by atoms with Crippen LogP contribution in [0.5, 0.6) is 0 Å². The average Bonchev–Trinajstić information content (AvgIpc) is 2.71. The molecule has 17 heavy (non-hydrogen) atoms. The van der Waals surface area contributed by atoms with Gasteiger partial charge in [-0.25, -0.2) is 0 Å². The maximum Gasteiger partial charge on any atom is 0.0263 e. The van der Waals surface area contributed by atoms with Gasteiger partial charge in [0.05, 0.1) is 0 Å². The minimum absolute atomic E-state index is 0.769. The standard InChI is InChI=1S/C15H23NS/c1-3-9-16(10-4-2)12-14-11-13-7-5-6-8-15(13)17-14/h5-8,14H,3-4,9-12H2,1-2H3. The van der Waals surface area contributed by atoms with Crippen LogP contribution in [0.25, 0.3) is 0 Å². The highest BCUT2D eigenvalue weighted by Crippen LogP contribution is 2.37. The highest BCUT2D eigenvalue weighted by Gasteiger charge is 2.23. The summed E-state index contributed by atoms with van der Waals surface area (Å²) in [6.45, 7) is 8.31. The quantitative estimate of drug-likeness (QED) is 0.754. The van der Waals surface area contributed by atoms with Gasteiger partial charge in [0.1, 0.15) is 0 Å². The Bertz CT molecular complexity index is 320. The molecule has 0 N–H and O–H groups in total. The van der Waals surface area contributed by atoms with Crippen molar-refractivity contribution in [3.63, 3.8) is 0 Å². The summed E-state index contributed by atoms with van der Waals surface area (Å²) < 4.78 is 0. The van der Waals surface area contributed by atoms with E-state index in [0.29, 0.717) is 0 Å². The van der Waals surface area contributed by atoms with Gasteiger partial charge >= 0.3 is 0 Å². The van der Waals surface area contributed by atoms with E-state index in [-0.39, 0.29) is 0 Å². The molecule has 2 heteroatoms. The number of nitrogens with zero attached hydrogens (tertiary/aromatic N) is 1. The summed E-state index contributed by atoms with van der Waals surface area (Å²) in [5.74, 6) is 0. The molecule has 1 unspecified atom stereocenters. The van der Waals surface area contributed by atoms with Gasteiger partial charge in [-0.15, -0.1) is 11.8 Å². The average molecular weight is 249 g/mol. The molecular weight excluding hydrogens is 226 g/mol. The van der Waals surface area contributed by atoms with E-state index in [1.54, 1.807) is 5.56 Å². The summed E-state index contributed by atoms with van der Waals surface area (Å²) in [5, 5.41) is 0.769. The Labute approximate surface area is 110 Å². The normalized spacial score (nSPS) is 18.6. The van der Waals surface area contributed by atoms with Crippen molar-refractivity contribution in [1.82, 2.24) is 4.90 Å². The Morgan fingerprint density at radius 3 is 2.53 bits per heavy atom. The van der Waals surface area contributed by atoms with Crippen LogP contribution in [0.3, 0.4) is 0 Å². The minimum Gasteiger partial charge on any atom is -0.302 e. The Hall–Kier alpha value is -0.470. The second-order valence-electron chi connectivity index (χ2n) is 4.85. The first-order chi connectivity index (χ1) is 8.33. The number of hydrogen-bond donors (Lipinski definition) is 0. The van der Waals surface area contributed by atoms with E-state index in [4.69, 9.17) is 0 Å². The molecule has 1 heterocycles. The Kier molecular flexibility index (Phi) is 4.93. The monoisotopic (exact) mass is 249 g/mol. The molecule has 1 atom stereocenters. The van der Waals surface area contributed by atoms with Crippen LogP contribution >= 0.6 is 11.8 Å². The maximum atomic E-state index is 2.63. The topological polar surface area (TPSA) is 3.24 Å². The van der Waals surface area contributed by atoms with Gasteiger partial charge in [0.15, 0.2) is 0 Å². The molecule has 0 bridgehead atoms. The third-order valence-corrected chi connectivity index (χ3v) is 4.56. The fraction of sp³-hybridized carbons (Fsp3) is 0.600. The summed E-state index contributed by atoms with van der Waals surface area (Å²) in [4.78, 5) is 4.13. The number of hydrogen-bond acceptors (Lipinski definition) is 2. The number of rotatable bonds is 6. The Morgan fingerprint density at radius 1 is 1.18 bits per heavy atom. The zero-order valence-corrected chi connectivity index (χ0v) is 11.8. The molecule has 0 fully saturated rings. The lowest BCUT2D eigenvalue weighted by Gasteiger charge is -2.23. The van der Waals surface area contributed by atoms with Gasteiger partial charge in [0, 0.05) is 16.7 Å². The molecule has 1 aromatic rings. The largest absolute Gasteiger partial charge is 0.302 e. The highest BCUT2D eigenvalue weighted by atomic mass is 32.2. The highest BCUT2D eigenvalue weighted by molar-refractivity contribution is 8.00. The van der Waals surface area contributed by atoms with Crippen LogP contribution in [0.15, 0.2) is 29.2 Å². The van der Waals surface area contributed by atoms with E-state index in [9.17, 15) is 0 Å². The summed E-state index contributed by atoms with van der Waals surface area (Å²) in [7, 11) is 0. The molecular formula is C15H23NS. The molecule has 1 aliphatic heterocycles. The molecule has 1 aromatic carbocycles. The number of thioether (sulfide) groups is 1. The molecule has 0 amide bonds. The lowest BCUT2D eigenvalue weighted by molar-refractivity contribution is 0.276. The van der Waals surface area contributed by atoms with E-state index >= 15 is 0 Å². The smallest absolute Gasteiger partial charge is 0.0263 e. The SMILES string of the molecule is CCCN(CCC)CC1Cc2ccccc2S1. The van der Waals surface area contributed by atoms with Gasteiger partial charge in [-0.05, 0) is 44.0 Å². The minimum atomic E-state index is 0.769. The predicted molar refractivity (Wildman–Crippen MR) is 76.8 cm³/mol. The summed E-state index contributed by atoms with van der Waals surface area (Å²) >= 11 is 2.07. The molecule has 2 rings (SSSR count). The van der Waals surface area contributed by atoms with Crippen molar-refractivity contribution in [2.75, 3.05) is 19.6 Å². The molecule has 0 radical (unpaired) electrons. The fourth-order valence-corrected chi connectivity index (χ4v) is 3.94. The van der Waals surface area contributed by atoms with E-state index in [0.717, 1.165) is 5.25 Å². The molecule has 0 aliphatic carbocycles. The van der Waals surface area contributed by atoms with Crippen molar-refractivity contribution >= 4 is 11.8 Å². The Balaban J connectivity index is 1.89. The third-order valence-electron chi connectivity index (χ3n) is 3.26. The van der Waals surface area contributed by atoms with Crippen molar-refractivity contribution in [2.45, 2.75) is 43.3 Å². The van der Waals surface area contributed by atoms with Gasteiger partial charge in [-0.2, -0.15) is 0 Å². The number of benzene rings is 1. The second kappa shape index (κ2) is 6.46. The molecule has 0 saturated heterocycles. The molecule has 1 aliphatic rings. The molecule has 0 aromatic heterocycles. The van der Waals surface area contributed by atoms with Crippen molar-refractivity contribution in [1.29, 1.82) is 0 Å². The van der Waals surface area contributed by atoms with Gasteiger partial charge in [-0.1, -0.05) is 32.0 Å². The van der Waals surface area contributed by atoms with Gasteiger partial charge in [0.2, 0.25) is 0 Å². The summed E-state index contributed by atoms with van der Waals surface area (Å²) in [5.41, 5.74) is 1.55. The predicted octanol–water partition coefficient (Wildman–Crippen LogP) is 3.83. The van der Waals surface area contributed by atoms with E-state index in [1.165, 1.54) is 43.8 Å². The summed E-state index contributed by atoms with van der Waals surface area (Å²) in [6, 6.07) is 8.87. The van der Waals surface area contributed by atoms with Gasteiger partial charge in [0.25, 0.3) is 0 Å². The first-order valence-electron chi connectivity index (χ1n) is 6.80. The summed E-state index contributed by atoms with van der Waals surface area (Å²) in [6.07, 6.45) is 3.79. The Morgan fingerprint density at radius 2 is 1.88 bits per heavy atom. The van der Waals surface area contributed by atoms with E-state index in [1.807, 2.05) is 0 Å². The lowest BCUT2D eigenvalue weighted by Crippen LogP contribution is -2.32. The molecule has 0 spiro atoms. The molecule has 94 valence electrons. The van der Waals surface area contributed by atoms with Crippen LogP contribution in [0, 0.1) is 0 Å². The lowest BCUT2D eigenvalue weighted by atomic mass is 10.1. The van der Waals surface area contributed by atoms with Crippen molar-refractivity contribution in [3.05, 3.63) is 29.8 Å². The van der Waals surface area contributed by atoms with Crippen LogP contribution < -0.4 is 0 Å². The van der Waals surface area contributed by atoms with E-state index in [2.05, 4.69) is 54.8 Å². The molecule has 1 nitrogen and oxygen atoms in total. The van der Waals surface area contributed by atoms with Crippen LogP contribution in [0.2, 0.25) is 0 Å². The van der Waals surface area contributed by atoms with Crippen molar-refractivity contribution in [2.24, 2.45) is 0 Å². The fourth-order valence-electron chi connectivity index (χ4n) is 2.57. The first kappa shape index (κ1) is 13.0. The number of fused-ring (bicyclic) bond motifs is 1. The first-order valence-corrected chi connectivity index (χ1v) is 7.68. The zero-order valence-electron chi connectivity index (χ0n) is 11.0. The molecule has 0 saturated carbocycles.